The smallest absolute Gasteiger partial charge is 0.461 e. The van der Waals surface area contributed by atoms with Crippen LogP contribution < -0.4 is 0 Å². The number of hydrogen-bond acceptors (Lipinski definition) is 3. The molecule has 0 atom stereocenters. The highest BCUT2D eigenvalue weighted by Gasteiger charge is 2.76. The van der Waals surface area contributed by atoms with Crippen LogP contribution in [0.4, 0.5) is 30.7 Å². The molecular formula is C11H20F7NO3S. The van der Waals surface area contributed by atoms with Crippen molar-refractivity contribution in [3.05, 3.63) is 0 Å². The van der Waals surface area contributed by atoms with Crippen LogP contribution in [0, 0.1) is 0 Å². The zero-order valence-corrected chi connectivity index (χ0v) is 13.9. The van der Waals surface area contributed by atoms with Crippen LogP contribution in [0.2, 0.25) is 0 Å². The van der Waals surface area contributed by atoms with E-state index in [9.17, 15) is 43.7 Å². The number of halogens is 7. The van der Waals surface area contributed by atoms with Gasteiger partial charge < -0.3 is 9.04 Å². The van der Waals surface area contributed by atoms with Gasteiger partial charge in [0.2, 0.25) is 0 Å². The Bertz CT molecular complexity index is 441. The predicted molar refractivity (Wildman–Crippen MR) is 68.1 cm³/mol. The molecule has 0 heterocycles. The third-order valence-electron chi connectivity index (χ3n) is 3.72. The van der Waals surface area contributed by atoms with Gasteiger partial charge in [-0.15, -0.1) is 0 Å². The lowest BCUT2D eigenvalue weighted by atomic mass is 10.3. The van der Waals surface area contributed by atoms with Crippen molar-refractivity contribution < 1.29 is 48.2 Å². The average molecular weight is 379 g/mol. The Morgan fingerprint density at radius 3 is 1.09 bits per heavy atom. The van der Waals surface area contributed by atoms with Crippen LogP contribution in [0.3, 0.4) is 0 Å². The molecule has 23 heavy (non-hydrogen) atoms. The molecular weight excluding hydrogens is 359 g/mol. The molecule has 0 unspecified atom stereocenters. The Hall–Kier alpha value is -0.620. The summed E-state index contributed by atoms with van der Waals surface area (Å²) in [4.78, 5) is 0. The maximum Gasteiger partial charge on any atom is 0.461 e. The van der Waals surface area contributed by atoms with Gasteiger partial charge in [0, 0.05) is 0 Å². The zero-order valence-electron chi connectivity index (χ0n) is 13.1. The number of quaternary nitrogens is 1. The fraction of sp³-hybridized carbons (Fsp3) is 1.00. The minimum atomic E-state index is -7.10. The molecule has 0 fully saturated rings. The Balaban J connectivity index is 0. The monoisotopic (exact) mass is 379 g/mol. The standard InChI is InChI=1S/C8H20N.C3HF7O3S/c1-5-9(6-2,7-3)8-4;4-1(5,2(6,7)8)3(9,10)14(11,12)13/h5-8H2,1-4H3;(H,11,12,13)/q+1;/p-1. The fourth-order valence-electron chi connectivity index (χ4n) is 1.66. The van der Waals surface area contributed by atoms with Crippen LogP contribution in [-0.4, -0.2) is 61.0 Å². The van der Waals surface area contributed by atoms with Gasteiger partial charge in [-0.05, 0) is 27.7 Å². The molecule has 0 aromatic rings. The molecule has 0 aliphatic rings. The summed E-state index contributed by atoms with van der Waals surface area (Å²) in [5, 5.41) is -6.72. The Morgan fingerprint density at radius 2 is 1.04 bits per heavy atom. The van der Waals surface area contributed by atoms with E-state index in [2.05, 4.69) is 27.7 Å². The van der Waals surface area contributed by atoms with Gasteiger partial charge in [0.25, 0.3) is 0 Å². The van der Waals surface area contributed by atoms with Crippen molar-refractivity contribution in [3.8, 4) is 0 Å². The summed E-state index contributed by atoms with van der Waals surface area (Å²) >= 11 is 0. The first kappa shape index (κ1) is 24.6. The highest BCUT2D eigenvalue weighted by molar-refractivity contribution is 7.86. The van der Waals surface area contributed by atoms with Crippen LogP contribution in [0.25, 0.3) is 0 Å². The van der Waals surface area contributed by atoms with Gasteiger partial charge in [0.05, 0.1) is 26.2 Å². The highest BCUT2D eigenvalue weighted by atomic mass is 32.2. The van der Waals surface area contributed by atoms with Crippen molar-refractivity contribution in [2.75, 3.05) is 26.2 Å². The predicted octanol–water partition coefficient (Wildman–Crippen LogP) is 3.20. The summed E-state index contributed by atoms with van der Waals surface area (Å²) in [5.74, 6) is -6.92. The SMILES string of the molecule is CC[N+](CC)(CC)CC.O=S(=O)([O-])C(F)(F)C(F)(F)C(F)(F)F. The largest absolute Gasteiger partial charge is 0.743 e. The molecule has 0 bridgehead atoms. The zero-order chi connectivity index (χ0) is 19.3. The second-order valence-corrected chi connectivity index (χ2v) is 6.07. The van der Waals surface area contributed by atoms with Crippen LogP contribution >= 0.6 is 0 Å². The third-order valence-corrected chi connectivity index (χ3v) is 4.60. The minimum absolute atomic E-state index is 1.28. The molecule has 0 saturated heterocycles. The van der Waals surface area contributed by atoms with Gasteiger partial charge in [-0.1, -0.05) is 0 Å². The van der Waals surface area contributed by atoms with Crippen LogP contribution in [0.15, 0.2) is 0 Å². The van der Waals surface area contributed by atoms with Crippen LogP contribution in [-0.2, 0) is 10.1 Å². The van der Waals surface area contributed by atoms with Crippen molar-refractivity contribution in [2.45, 2.75) is 45.0 Å². The Labute approximate surface area is 130 Å². The normalized spacial score (nSPS) is 14.3. The number of nitrogens with zero attached hydrogens (tertiary/aromatic N) is 1. The lowest BCUT2D eigenvalue weighted by Gasteiger charge is -2.34. The molecule has 0 amide bonds. The van der Waals surface area contributed by atoms with Crippen molar-refractivity contribution >= 4 is 10.1 Å². The Morgan fingerprint density at radius 1 is 0.783 bits per heavy atom. The number of hydrogen-bond donors (Lipinski definition) is 0. The maximum absolute atomic E-state index is 11.8. The van der Waals surface area contributed by atoms with E-state index in [-0.39, 0.29) is 0 Å². The summed E-state index contributed by atoms with van der Waals surface area (Å²) in [5.41, 5.74) is 0. The molecule has 0 spiro atoms. The second kappa shape index (κ2) is 7.97. The van der Waals surface area contributed by atoms with E-state index >= 15 is 0 Å². The van der Waals surface area contributed by atoms with Gasteiger partial charge >= 0.3 is 17.4 Å². The van der Waals surface area contributed by atoms with E-state index in [1.807, 2.05) is 0 Å². The quantitative estimate of drug-likeness (QED) is 0.405. The molecule has 0 aliphatic heterocycles. The highest BCUT2D eigenvalue weighted by Crippen LogP contribution is 2.48. The van der Waals surface area contributed by atoms with Crippen molar-refractivity contribution in [2.24, 2.45) is 0 Å². The molecule has 0 aromatic heterocycles. The van der Waals surface area contributed by atoms with E-state index < -0.39 is 27.5 Å². The second-order valence-electron chi connectivity index (χ2n) is 4.65. The topological polar surface area (TPSA) is 57.2 Å². The van der Waals surface area contributed by atoms with Gasteiger partial charge in [-0.25, -0.2) is 8.42 Å². The summed E-state index contributed by atoms with van der Waals surface area (Å²) in [7, 11) is -7.10. The average Bonchev–Trinajstić information content (AvgIpc) is 2.40. The van der Waals surface area contributed by atoms with Gasteiger partial charge in [0.1, 0.15) is 0 Å². The first-order chi connectivity index (χ1) is 9.99. The lowest BCUT2D eigenvalue weighted by molar-refractivity contribution is -0.921. The van der Waals surface area contributed by atoms with Crippen LogP contribution in [0.5, 0.6) is 0 Å². The molecule has 0 aliphatic carbocycles. The first-order valence-electron chi connectivity index (χ1n) is 6.62. The molecule has 0 rings (SSSR count). The first-order valence-corrected chi connectivity index (χ1v) is 8.03. The molecule has 142 valence electrons. The van der Waals surface area contributed by atoms with E-state index in [0.29, 0.717) is 0 Å². The fourth-order valence-corrected chi connectivity index (χ4v) is 2.09. The Kier molecular flexibility index (Phi) is 8.53. The summed E-state index contributed by atoms with van der Waals surface area (Å²) < 4.78 is 111. The molecule has 12 heteroatoms. The summed E-state index contributed by atoms with van der Waals surface area (Å²) in [6, 6.07) is 0. The minimum Gasteiger partial charge on any atom is -0.743 e. The molecule has 0 radical (unpaired) electrons. The third kappa shape index (κ3) is 5.45. The van der Waals surface area contributed by atoms with Gasteiger partial charge in [-0.3, -0.25) is 0 Å². The maximum atomic E-state index is 11.8. The van der Waals surface area contributed by atoms with E-state index in [1.165, 1.54) is 30.7 Å². The van der Waals surface area contributed by atoms with Gasteiger partial charge in [0.15, 0.2) is 10.1 Å². The van der Waals surface area contributed by atoms with Gasteiger partial charge in [-0.2, -0.15) is 30.7 Å². The number of alkyl halides is 7. The molecule has 0 saturated carbocycles. The van der Waals surface area contributed by atoms with Crippen molar-refractivity contribution in [1.29, 1.82) is 0 Å². The van der Waals surface area contributed by atoms with Crippen molar-refractivity contribution in [1.82, 2.24) is 0 Å². The summed E-state index contributed by atoms with van der Waals surface area (Å²) in [6.07, 6.45) is -6.83. The van der Waals surface area contributed by atoms with E-state index in [0.717, 1.165) is 0 Å². The lowest BCUT2D eigenvalue weighted by Crippen LogP contribution is -2.55. The summed E-state index contributed by atoms with van der Waals surface area (Å²) in [6.45, 7) is 14.2. The molecule has 0 aromatic carbocycles. The molecule has 4 nitrogen and oxygen atoms in total. The van der Waals surface area contributed by atoms with E-state index in [4.69, 9.17) is 0 Å². The van der Waals surface area contributed by atoms with E-state index in [1.54, 1.807) is 0 Å². The van der Waals surface area contributed by atoms with Crippen LogP contribution in [0.1, 0.15) is 27.7 Å². The molecule has 0 N–H and O–H groups in total. The van der Waals surface area contributed by atoms with Crippen molar-refractivity contribution in [3.63, 3.8) is 0 Å². The number of rotatable bonds is 6.